The summed E-state index contributed by atoms with van der Waals surface area (Å²) in [5.41, 5.74) is 0.622. The Morgan fingerprint density at radius 3 is 2.38 bits per heavy atom. The van der Waals surface area contributed by atoms with E-state index in [2.05, 4.69) is 4.74 Å². The summed E-state index contributed by atoms with van der Waals surface area (Å²) in [5.74, 6) is -1.14. The zero-order chi connectivity index (χ0) is 12.3. The molecule has 0 aromatic heterocycles. The van der Waals surface area contributed by atoms with Gasteiger partial charge in [-0.1, -0.05) is 19.9 Å². The Labute approximate surface area is 94.2 Å². The molecule has 3 nitrogen and oxygen atoms in total. The highest BCUT2D eigenvalue weighted by Crippen LogP contribution is 2.31. The number of methoxy groups -OCH3 is 2. The van der Waals surface area contributed by atoms with Crippen molar-refractivity contribution in [3.05, 3.63) is 29.1 Å². The van der Waals surface area contributed by atoms with Crippen molar-refractivity contribution in [3.63, 3.8) is 0 Å². The summed E-state index contributed by atoms with van der Waals surface area (Å²) in [6.07, 6.45) is 0. The highest BCUT2D eigenvalue weighted by molar-refractivity contribution is 5.90. The minimum Gasteiger partial charge on any atom is -0.493 e. The van der Waals surface area contributed by atoms with E-state index in [1.165, 1.54) is 20.3 Å². The van der Waals surface area contributed by atoms with Gasteiger partial charge in [-0.3, -0.25) is 0 Å². The lowest BCUT2D eigenvalue weighted by Gasteiger charge is -2.14. The molecule has 0 radical (unpaired) electrons. The minimum absolute atomic E-state index is 0.108. The normalized spacial score (nSPS) is 10.4. The monoisotopic (exact) mass is 226 g/mol. The van der Waals surface area contributed by atoms with E-state index in [-0.39, 0.29) is 17.2 Å². The molecule has 0 saturated heterocycles. The Bertz CT molecular complexity index is 399. The molecule has 0 aliphatic carbocycles. The number of benzene rings is 1. The van der Waals surface area contributed by atoms with E-state index < -0.39 is 11.8 Å². The van der Waals surface area contributed by atoms with E-state index in [0.29, 0.717) is 0 Å². The Morgan fingerprint density at radius 1 is 1.31 bits per heavy atom. The van der Waals surface area contributed by atoms with E-state index in [0.717, 1.165) is 5.56 Å². The van der Waals surface area contributed by atoms with Crippen LogP contribution in [-0.4, -0.2) is 20.2 Å². The zero-order valence-electron chi connectivity index (χ0n) is 9.83. The standard InChI is InChI=1S/C12H15FO3/c1-7(2)8-5-6-9(12(14)16-4)10(13)11(8)15-3/h5-7H,1-4H3. The number of carbonyl (C=O) groups excluding carboxylic acids is 1. The first-order valence-electron chi connectivity index (χ1n) is 4.97. The third kappa shape index (κ3) is 2.15. The highest BCUT2D eigenvalue weighted by atomic mass is 19.1. The summed E-state index contributed by atoms with van der Waals surface area (Å²) in [5, 5.41) is 0. The van der Waals surface area contributed by atoms with Gasteiger partial charge in [-0.15, -0.1) is 0 Å². The summed E-state index contributed by atoms with van der Waals surface area (Å²) in [6, 6.07) is 3.10. The van der Waals surface area contributed by atoms with E-state index in [4.69, 9.17) is 4.74 Å². The van der Waals surface area contributed by atoms with Crippen molar-refractivity contribution < 1.29 is 18.7 Å². The highest BCUT2D eigenvalue weighted by Gasteiger charge is 2.20. The van der Waals surface area contributed by atoms with E-state index in [1.54, 1.807) is 6.07 Å². The van der Waals surface area contributed by atoms with Crippen molar-refractivity contribution in [1.82, 2.24) is 0 Å². The lowest BCUT2D eigenvalue weighted by molar-refractivity contribution is 0.0594. The molecule has 88 valence electrons. The second kappa shape index (κ2) is 4.96. The van der Waals surface area contributed by atoms with Crippen LogP contribution < -0.4 is 4.74 Å². The van der Waals surface area contributed by atoms with Crippen LogP contribution in [-0.2, 0) is 4.74 Å². The average Bonchev–Trinajstić information content (AvgIpc) is 2.27. The van der Waals surface area contributed by atoms with Crippen LogP contribution in [0.15, 0.2) is 12.1 Å². The van der Waals surface area contributed by atoms with Crippen LogP contribution in [0.5, 0.6) is 5.75 Å². The van der Waals surface area contributed by atoms with E-state index in [1.807, 2.05) is 13.8 Å². The fraction of sp³-hybridized carbons (Fsp3) is 0.417. The van der Waals surface area contributed by atoms with Crippen LogP contribution in [0.1, 0.15) is 35.7 Å². The first-order chi connectivity index (χ1) is 7.52. The number of esters is 1. The number of carbonyl (C=O) groups is 1. The summed E-state index contributed by atoms with van der Waals surface area (Å²) in [4.78, 5) is 11.3. The molecule has 0 bridgehead atoms. The van der Waals surface area contributed by atoms with Gasteiger partial charge in [0.25, 0.3) is 0 Å². The molecular formula is C12H15FO3. The molecule has 0 amide bonds. The molecule has 0 heterocycles. The second-order valence-corrected chi connectivity index (χ2v) is 3.70. The largest absolute Gasteiger partial charge is 0.493 e. The maximum Gasteiger partial charge on any atom is 0.340 e. The minimum atomic E-state index is -0.703. The molecule has 1 aromatic carbocycles. The van der Waals surface area contributed by atoms with E-state index >= 15 is 0 Å². The van der Waals surface area contributed by atoms with Gasteiger partial charge in [0, 0.05) is 0 Å². The van der Waals surface area contributed by atoms with Crippen molar-refractivity contribution >= 4 is 5.97 Å². The van der Waals surface area contributed by atoms with Crippen molar-refractivity contribution in [1.29, 1.82) is 0 Å². The lowest BCUT2D eigenvalue weighted by atomic mass is 9.99. The van der Waals surface area contributed by atoms with Crippen molar-refractivity contribution in [2.45, 2.75) is 19.8 Å². The SMILES string of the molecule is COC(=O)c1ccc(C(C)C)c(OC)c1F. The van der Waals surface area contributed by atoms with Gasteiger partial charge in [0.2, 0.25) is 0 Å². The molecule has 0 unspecified atom stereocenters. The predicted octanol–water partition coefficient (Wildman–Crippen LogP) is 2.74. The van der Waals surface area contributed by atoms with Gasteiger partial charge >= 0.3 is 5.97 Å². The van der Waals surface area contributed by atoms with E-state index in [9.17, 15) is 9.18 Å². The predicted molar refractivity (Wildman–Crippen MR) is 58.4 cm³/mol. The summed E-state index contributed by atoms with van der Waals surface area (Å²) in [6.45, 7) is 3.85. The first kappa shape index (κ1) is 12.5. The summed E-state index contributed by atoms with van der Waals surface area (Å²) in [7, 11) is 2.59. The third-order valence-electron chi connectivity index (χ3n) is 2.36. The molecule has 0 spiro atoms. The van der Waals surface area contributed by atoms with Gasteiger partial charge in [-0.2, -0.15) is 0 Å². The molecule has 0 N–H and O–H groups in total. The van der Waals surface area contributed by atoms with Crippen LogP contribution in [0.2, 0.25) is 0 Å². The Kier molecular flexibility index (Phi) is 3.88. The molecule has 0 saturated carbocycles. The van der Waals surface area contributed by atoms with Crippen LogP contribution in [0.25, 0.3) is 0 Å². The van der Waals surface area contributed by atoms with Gasteiger partial charge in [-0.05, 0) is 17.5 Å². The Hall–Kier alpha value is -1.58. The Balaban J connectivity index is 3.34. The second-order valence-electron chi connectivity index (χ2n) is 3.70. The van der Waals surface area contributed by atoms with Crippen molar-refractivity contribution in [2.24, 2.45) is 0 Å². The summed E-state index contributed by atoms with van der Waals surface area (Å²) < 4.78 is 23.4. The summed E-state index contributed by atoms with van der Waals surface area (Å²) >= 11 is 0. The molecule has 0 aliphatic rings. The zero-order valence-corrected chi connectivity index (χ0v) is 9.83. The number of hydrogen-bond donors (Lipinski definition) is 0. The van der Waals surface area contributed by atoms with Crippen molar-refractivity contribution in [2.75, 3.05) is 14.2 Å². The number of hydrogen-bond acceptors (Lipinski definition) is 3. The van der Waals surface area contributed by atoms with Gasteiger partial charge in [0.05, 0.1) is 19.8 Å². The third-order valence-corrected chi connectivity index (χ3v) is 2.36. The van der Waals surface area contributed by atoms with Gasteiger partial charge in [0.15, 0.2) is 11.6 Å². The molecule has 0 atom stereocenters. The number of rotatable bonds is 3. The smallest absolute Gasteiger partial charge is 0.340 e. The molecule has 1 rings (SSSR count). The van der Waals surface area contributed by atoms with Gasteiger partial charge < -0.3 is 9.47 Å². The van der Waals surface area contributed by atoms with Crippen LogP contribution in [0.4, 0.5) is 4.39 Å². The van der Waals surface area contributed by atoms with Crippen molar-refractivity contribution in [3.8, 4) is 5.75 Å². The molecule has 4 heteroatoms. The molecule has 0 aliphatic heterocycles. The van der Waals surface area contributed by atoms with Gasteiger partial charge in [0.1, 0.15) is 0 Å². The first-order valence-corrected chi connectivity index (χ1v) is 4.97. The molecule has 16 heavy (non-hydrogen) atoms. The number of halogens is 1. The van der Waals surface area contributed by atoms with Gasteiger partial charge in [-0.25, -0.2) is 9.18 Å². The lowest BCUT2D eigenvalue weighted by Crippen LogP contribution is -2.08. The topological polar surface area (TPSA) is 35.5 Å². The van der Waals surface area contributed by atoms with Crippen LogP contribution >= 0.6 is 0 Å². The maximum atomic E-state index is 13.9. The Morgan fingerprint density at radius 2 is 1.94 bits per heavy atom. The molecule has 1 aromatic rings. The maximum absolute atomic E-state index is 13.9. The van der Waals surface area contributed by atoms with Crippen LogP contribution in [0.3, 0.4) is 0 Å². The fourth-order valence-electron chi connectivity index (χ4n) is 1.50. The quantitative estimate of drug-likeness (QED) is 0.743. The van der Waals surface area contributed by atoms with Crippen LogP contribution in [0, 0.1) is 5.82 Å². The average molecular weight is 226 g/mol. The number of ether oxygens (including phenoxy) is 2. The molecular weight excluding hydrogens is 211 g/mol. The fourth-order valence-corrected chi connectivity index (χ4v) is 1.50. The molecule has 0 fully saturated rings.